The standard InChI is InChI=1S/C18H18BrClN6O4/c1-3-25-16(13(19)9-21-25)10-23(2)18(27)15-6-7-24(22-15)11-30-17-5-4-12(26(28)29)8-14(17)20/h4-9H,3,10-11H2,1-2H3. The van der Waals surface area contributed by atoms with E-state index in [1.165, 1.54) is 22.9 Å². The summed E-state index contributed by atoms with van der Waals surface area (Å²) in [6.45, 7) is 3.03. The number of halogens is 2. The van der Waals surface area contributed by atoms with E-state index in [4.69, 9.17) is 16.3 Å². The highest BCUT2D eigenvalue weighted by atomic mass is 79.9. The number of nitro groups is 1. The van der Waals surface area contributed by atoms with Crippen molar-refractivity contribution in [2.45, 2.75) is 26.7 Å². The first-order valence-corrected chi connectivity index (χ1v) is 10.0. The second-order valence-electron chi connectivity index (χ2n) is 6.30. The molecule has 0 aliphatic rings. The summed E-state index contributed by atoms with van der Waals surface area (Å²) in [6, 6.07) is 5.51. The Morgan fingerprint density at radius 1 is 1.40 bits per heavy atom. The minimum atomic E-state index is -0.538. The minimum Gasteiger partial charge on any atom is -0.470 e. The molecule has 12 heteroatoms. The van der Waals surface area contributed by atoms with E-state index in [-0.39, 0.29) is 34.8 Å². The Hall–Kier alpha value is -2.92. The second-order valence-corrected chi connectivity index (χ2v) is 7.56. The van der Waals surface area contributed by atoms with E-state index in [0.717, 1.165) is 10.2 Å². The van der Waals surface area contributed by atoms with E-state index in [9.17, 15) is 14.9 Å². The zero-order chi connectivity index (χ0) is 21.8. The summed E-state index contributed by atoms with van der Waals surface area (Å²) in [5.74, 6) is 0.0262. The van der Waals surface area contributed by atoms with E-state index in [1.807, 2.05) is 11.6 Å². The number of carbonyl (C=O) groups is 1. The number of hydrogen-bond donors (Lipinski definition) is 0. The van der Waals surface area contributed by atoms with Crippen molar-refractivity contribution in [2.24, 2.45) is 0 Å². The van der Waals surface area contributed by atoms with Crippen molar-refractivity contribution < 1.29 is 14.5 Å². The summed E-state index contributed by atoms with van der Waals surface area (Å²) in [5.41, 5.74) is 1.02. The molecule has 3 aromatic rings. The molecular formula is C18H18BrClN6O4. The van der Waals surface area contributed by atoms with Crippen LogP contribution in [0.15, 0.2) is 41.1 Å². The summed E-state index contributed by atoms with van der Waals surface area (Å²) in [6.07, 6.45) is 3.30. The highest BCUT2D eigenvalue weighted by molar-refractivity contribution is 9.10. The normalized spacial score (nSPS) is 10.8. The SMILES string of the molecule is CCn1ncc(Br)c1CN(C)C(=O)c1ccn(COc2ccc([N+](=O)[O-])cc2Cl)n1. The molecule has 0 aliphatic carbocycles. The predicted molar refractivity (Wildman–Crippen MR) is 112 cm³/mol. The number of benzene rings is 1. The van der Waals surface area contributed by atoms with Crippen LogP contribution in [-0.2, 0) is 19.8 Å². The van der Waals surface area contributed by atoms with Gasteiger partial charge in [-0.3, -0.25) is 19.6 Å². The maximum atomic E-state index is 12.7. The smallest absolute Gasteiger partial charge is 0.274 e. The average Bonchev–Trinajstić information content (AvgIpc) is 3.33. The van der Waals surface area contributed by atoms with Gasteiger partial charge in [0.2, 0.25) is 0 Å². The fourth-order valence-electron chi connectivity index (χ4n) is 2.71. The first-order valence-electron chi connectivity index (χ1n) is 8.86. The number of carbonyl (C=O) groups excluding carboxylic acids is 1. The highest BCUT2D eigenvalue weighted by Crippen LogP contribution is 2.28. The number of nitrogens with zero attached hydrogens (tertiary/aromatic N) is 6. The molecule has 0 saturated heterocycles. The highest BCUT2D eigenvalue weighted by Gasteiger charge is 2.18. The molecular weight excluding hydrogens is 480 g/mol. The van der Waals surface area contributed by atoms with Crippen molar-refractivity contribution in [2.75, 3.05) is 7.05 Å². The van der Waals surface area contributed by atoms with Gasteiger partial charge < -0.3 is 9.64 Å². The van der Waals surface area contributed by atoms with Gasteiger partial charge in [-0.2, -0.15) is 10.2 Å². The van der Waals surface area contributed by atoms with E-state index < -0.39 is 4.92 Å². The van der Waals surface area contributed by atoms with Gasteiger partial charge in [-0.25, -0.2) is 4.68 Å². The zero-order valence-electron chi connectivity index (χ0n) is 16.2. The van der Waals surface area contributed by atoms with E-state index in [2.05, 4.69) is 26.1 Å². The number of non-ortho nitro benzene ring substituents is 1. The lowest BCUT2D eigenvalue weighted by molar-refractivity contribution is -0.384. The molecule has 0 unspecified atom stereocenters. The molecule has 0 saturated carbocycles. The second kappa shape index (κ2) is 9.26. The van der Waals surface area contributed by atoms with Crippen LogP contribution in [0.5, 0.6) is 5.75 Å². The third-order valence-electron chi connectivity index (χ3n) is 4.27. The summed E-state index contributed by atoms with van der Waals surface area (Å²) in [7, 11) is 1.69. The molecule has 0 bridgehead atoms. The number of rotatable bonds is 8. The van der Waals surface area contributed by atoms with Crippen molar-refractivity contribution in [3.63, 3.8) is 0 Å². The number of aryl methyl sites for hydroxylation is 1. The fraction of sp³-hybridized carbons (Fsp3) is 0.278. The third-order valence-corrected chi connectivity index (χ3v) is 5.23. The third kappa shape index (κ3) is 4.79. The Balaban J connectivity index is 1.63. The van der Waals surface area contributed by atoms with E-state index >= 15 is 0 Å². The summed E-state index contributed by atoms with van der Waals surface area (Å²) in [4.78, 5) is 24.5. The number of amides is 1. The quantitative estimate of drug-likeness (QED) is 0.346. The largest absolute Gasteiger partial charge is 0.470 e. The van der Waals surface area contributed by atoms with E-state index in [1.54, 1.807) is 30.4 Å². The topological polar surface area (TPSA) is 108 Å². The minimum absolute atomic E-state index is 0.0112. The van der Waals surface area contributed by atoms with Gasteiger partial charge in [-0.15, -0.1) is 0 Å². The van der Waals surface area contributed by atoms with Crippen molar-refractivity contribution in [1.82, 2.24) is 24.5 Å². The van der Waals surface area contributed by atoms with Crippen molar-refractivity contribution in [1.29, 1.82) is 0 Å². The molecule has 0 atom stereocenters. The van der Waals surface area contributed by atoms with Gasteiger partial charge in [0.15, 0.2) is 12.4 Å². The summed E-state index contributed by atoms with van der Waals surface area (Å²) >= 11 is 9.46. The van der Waals surface area contributed by atoms with Crippen LogP contribution in [-0.4, -0.2) is 42.3 Å². The maximum absolute atomic E-state index is 12.7. The molecule has 1 aromatic carbocycles. The van der Waals surface area contributed by atoms with Crippen LogP contribution in [0, 0.1) is 10.1 Å². The number of ether oxygens (including phenoxy) is 1. The van der Waals surface area contributed by atoms with Gasteiger partial charge >= 0.3 is 0 Å². The molecule has 0 aliphatic heterocycles. The van der Waals surface area contributed by atoms with Crippen LogP contribution in [0.3, 0.4) is 0 Å². The van der Waals surface area contributed by atoms with Gasteiger partial charge in [0.25, 0.3) is 11.6 Å². The van der Waals surface area contributed by atoms with Crippen LogP contribution in [0.4, 0.5) is 5.69 Å². The molecule has 1 amide bonds. The Bertz CT molecular complexity index is 1080. The molecule has 0 spiro atoms. The van der Waals surface area contributed by atoms with Gasteiger partial charge in [-0.1, -0.05) is 11.6 Å². The molecule has 158 valence electrons. The number of hydrogen-bond acceptors (Lipinski definition) is 6. The van der Waals surface area contributed by atoms with Crippen molar-refractivity contribution in [3.8, 4) is 5.75 Å². The molecule has 3 rings (SSSR count). The van der Waals surface area contributed by atoms with Crippen LogP contribution >= 0.6 is 27.5 Å². The molecule has 0 fully saturated rings. The van der Waals surface area contributed by atoms with Gasteiger partial charge in [0, 0.05) is 31.9 Å². The van der Waals surface area contributed by atoms with Crippen LogP contribution in [0.1, 0.15) is 23.1 Å². The Kier molecular flexibility index (Phi) is 6.73. The Labute approximate surface area is 185 Å². The lowest BCUT2D eigenvalue weighted by Gasteiger charge is -2.17. The zero-order valence-corrected chi connectivity index (χ0v) is 18.5. The van der Waals surface area contributed by atoms with Crippen molar-refractivity contribution in [3.05, 3.63) is 67.7 Å². The number of nitro benzene ring substituents is 1. The molecule has 30 heavy (non-hydrogen) atoms. The fourth-order valence-corrected chi connectivity index (χ4v) is 3.36. The van der Waals surface area contributed by atoms with Crippen LogP contribution in [0.25, 0.3) is 0 Å². The van der Waals surface area contributed by atoms with E-state index in [0.29, 0.717) is 13.1 Å². The molecule has 0 N–H and O–H groups in total. The maximum Gasteiger partial charge on any atom is 0.274 e. The molecule has 10 nitrogen and oxygen atoms in total. The molecule has 2 heterocycles. The molecule has 2 aromatic heterocycles. The Morgan fingerprint density at radius 2 is 2.17 bits per heavy atom. The van der Waals surface area contributed by atoms with Crippen LogP contribution < -0.4 is 4.74 Å². The first-order chi connectivity index (χ1) is 14.3. The van der Waals surface area contributed by atoms with Gasteiger partial charge in [0.05, 0.1) is 32.9 Å². The number of aromatic nitrogens is 4. The van der Waals surface area contributed by atoms with Gasteiger partial charge in [-0.05, 0) is 35.0 Å². The lowest BCUT2D eigenvalue weighted by atomic mass is 10.3. The lowest BCUT2D eigenvalue weighted by Crippen LogP contribution is -2.28. The summed E-state index contributed by atoms with van der Waals surface area (Å²) in [5, 5.41) is 19.4. The monoisotopic (exact) mass is 496 g/mol. The van der Waals surface area contributed by atoms with Gasteiger partial charge in [0.1, 0.15) is 5.75 Å². The van der Waals surface area contributed by atoms with Crippen molar-refractivity contribution >= 4 is 39.1 Å². The Morgan fingerprint density at radius 3 is 2.83 bits per heavy atom. The predicted octanol–water partition coefficient (Wildman–Crippen LogP) is 3.73. The first kappa shape index (κ1) is 21.8. The summed E-state index contributed by atoms with van der Waals surface area (Å²) < 4.78 is 9.63. The average molecular weight is 498 g/mol. The molecule has 0 radical (unpaired) electrons. The van der Waals surface area contributed by atoms with Crippen LogP contribution in [0.2, 0.25) is 5.02 Å².